The lowest BCUT2D eigenvalue weighted by molar-refractivity contribution is -0.123. The first kappa shape index (κ1) is 14.1. The maximum atomic E-state index is 11.6. The maximum absolute atomic E-state index is 11.6. The zero-order valence-electron chi connectivity index (χ0n) is 10.9. The molecule has 2 aromatic rings. The fourth-order valence-corrected chi connectivity index (χ4v) is 2.03. The lowest BCUT2D eigenvalue weighted by Crippen LogP contribution is -2.43. The molecule has 2 N–H and O–H groups in total. The van der Waals surface area contributed by atoms with Crippen molar-refractivity contribution in [3.8, 4) is 5.75 Å². The van der Waals surface area contributed by atoms with Crippen molar-refractivity contribution >= 4 is 23.2 Å². The number of nitrogens with one attached hydrogen (secondary N) is 2. The molecule has 2 rings (SSSR count). The molecule has 0 aliphatic heterocycles. The SMILES string of the molecule is Cc1ccc(OCC(=O)NNC(=O)c2cccs2)cc1. The number of benzene rings is 1. The summed E-state index contributed by atoms with van der Waals surface area (Å²) in [4.78, 5) is 23.6. The van der Waals surface area contributed by atoms with E-state index in [1.165, 1.54) is 11.3 Å². The Morgan fingerprint density at radius 3 is 2.55 bits per heavy atom. The van der Waals surface area contributed by atoms with E-state index in [4.69, 9.17) is 4.74 Å². The van der Waals surface area contributed by atoms with Crippen LogP contribution in [0.1, 0.15) is 15.2 Å². The van der Waals surface area contributed by atoms with Crippen LogP contribution in [0.3, 0.4) is 0 Å². The Morgan fingerprint density at radius 1 is 1.15 bits per heavy atom. The third-order valence-corrected chi connectivity index (χ3v) is 3.32. The maximum Gasteiger partial charge on any atom is 0.279 e. The molecule has 104 valence electrons. The molecule has 0 fully saturated rings. The van der Waals surface area contributed by atoms with Crippen molar-refractivity contribution in [1.29, 1.82) is 0 Å². The van der Waals surface area contributed by atoms with Gasteiger partial charge in [0, 0.05) is 0 Å². The topological polar surface area (TPSA) is 67.4 Å². The van der Waals surface area contributed by atoms with Crippen LogP contribution in [-0.2, 0) is 4.79 Å². The van der Waals surface area contributed by atoms with Crippen LogP contribution >= 0.6 is 11.3 Å². The number of carbonyl (C=O) groups is 2. The van der Waals surface area contributed by atoms with E-state index in [9.17, 15) is 9.59 Å². The lowest BCUT2D eigenvalue weighted by Gasteiger charge is -2.08. The highest BCUT2D eigenvalue weighted by atomic mass is 32.1. The Morgan fingerprint density at radius 2 is 1.90 bits per heavy atom. The van der Waals surface area contributed by atoms with E-state index in [1.807, 2.05) is 19.1 Å². The number of carbonyl (C=O) groups excluding carboxylic acids is 2. The summed E-state index contributed by atoms with van der Waals surface area (Å²) in [7, 11) is 0. The van der Waals surface area contributed by atoms with Crippen LogP contribution in [0, 0.1) is 6.92 Å². The molecule has 1 aromatic carbocycles. The summed E-state index contributed by atoms with van der Waals surface area (Å²) in [6.45, 7) is 1.81. The van der Waals surface area contributed by atoms with Gasteiger partial charge in [-0.2, -0.15) is 0 Å². The van der Waals surface area contributed by atoms with Gasteiger partial charge in [0.25, 0.3) is 11.8 Å². The molecule has 1 aromatic heterocycles. The van der Waals surface area contributed by atoms with E-state index in [1.54, 1.807) is 29.6 Å². The first-order valence-corrected chi connectivity index (χ1v) is 6.85. The molecule has 0 spiro atoms. The van der Waals surface area contributed by atoms with Crippen molar-refractivity contribution in [2.45, 2.75) is 6.92 Å². The summed E-state index contributed by atoms with van der Waals surface area (Å²) in [6, 6.07) is 10.8. The summed E-state index contributed by atoms with van der Waals surface area (Å²) in [5.74, 6) is -0.158. The van der Waals surface area contributed by atoms with Crippen molar-refractivity contribution in [3.63, 3.8) is 0 Å². The Kier molecular flexibility index (Phi) is 4.73. The van der Waals surface area contributed by atoms with Crippen molar-refractivity contribution in [1.82, 2.24) is 10.9 Å². The summed E-state index contributed by atoms with van der Waals surface area (Å²) in [5, 5.41) is 1.79. The molecule has 20 heavy (non-hydrogen) atoms. The van der Waals surface area contributed by atoms with Crippen molar-refractivity contribution in [2.75, 3.05) is 6.61 Å². The van der Waals surface area contributed by atoms with E-state index in [2.05, 4.69) is 10.9 Å². The second kappa shape index (κ2) is 6.72. The van der Waals surface area contributed by atoms with Crippen LogP contribution in [0.4, 0.5) is 0 Å². The molecular weight excluding hydrogens is 276 g/mol. The highest BCUT2D eigenvalue weighted by molar-refractivity contribution is 7.12. The standard InChI is InChI=1S/C14H14N2O3S/c1-10-4-6-11(7-5-10)19-9-13(17)15-16-14(18)12-3-2-8-20-12/h2-8H,9H2,1H3,(H,15,17)(H,16,18). The predicted molar refractivity (Wildman–Crippen MR) is 76.6 cm³/mol. The normalized spacial score (nSPS) is 9.85. The van der Waals surface area contributed by atoms with Crippen LogP contribution in [0.2, 0.25) is 0 Å². The lowest BCUT2D eigenvalue weighted by atomic mass is 10.2. The predicted octanol–water partition coefficient (Wildman–Crippen LogP) is 1.90. The van der Waals surface area contributed by atoms with Gasteiger partial charge >= 0.3 is 0 Å². The van der Waals surface area contributed by atoms with Gasteiger partial charge in [0.2, 0.25) is 0 Å². The Labute approximate surface area is 120 Å². The molecular formula is C14H14N2O3S. The highest BCUT2D eigenvalue weighted by Crippen LogP contribution is 2.11. The fourth-order valence-electron chi connectivity index (χ4n) is 1.42. The van der Waals surface area contributed by atoms with Crippen LogP contribution < -0.4 is 15.6 Å². The van der Waals surface area contributed by atoms with Gasteiger partial charge in [0.1, 0.15) is 5.75 Å². The average Bonchev–Trinajstić information content (AvgIpc) is 2.98. The number of thiophene rings is 1. The van der Waals surface area contributed by atoms with Crippen molar-refractivity contribution < 1.29 is 14.3 Å². The number of ether oxygens (including phenoxy) is 1. The first-order chi connectivity index (χ1) is 9.65. The number of amides is 2. The van der Waals surface area contributed by atoms with Gasteiger partial charge in [0.15, 0.2) is 6.61 Å². The molecule has 0 aliphatic carbocycles. The zero-order chi connectivity index (χ0) is 14.4. The molecule has 5 nitrogen and oxygen atoms in total. The Bertz CT molecular complexity index is 579. The third kappa shape index (κ3) is 4.10. The average molecular weight is 290 g/mol. The molecule has 0 atom stereocenters. The number of aryl methyl sites for hydroxylation is 1. The van der Waals surface area contributed by atoms with E-state index >= 15 is 0 Å². The molecule has 0 aliphatic rings. The highest BCUT2D eigenvalue weighted by Gasteiger charge is 2.08. The number of rotatable bonds is 4. The Balaban J connectivity index is 1.73. The molecule has 0 unspecified atom stereocenters. The molecule has 0 bridgehead atoms. The van der Waals surface area contributed by atoms with Crippen LogP contribution in [0.5, 0.6) is 5.75 Å². The number of hydrogen-bond acceptors (Lipinski definition) is 4. The van der Waals surface area contributed by atoms with Gasteiger partial charge in [0.05, 0.1) is 4.88 Å². The minimum atomic E-state index is -0.421. The zero-order valence-corrected chi connectivity index (χ0v) is 11.7. The quantitative estimate of drug-likeness (QED) is 0.845. The van der Waals surface area contributed by atoms with E-state index in [-0.39, 0.29) is 12.5 Å². The monoisotopic (exact) mass is 290 g/mol. The van der Waals surface area contributed by atoms with E-state index in [0.717, 1.165) is 5.56 Å². The Hall–Kier alpha value is -2.34. The minimum absolute atomic E-state index is 0.159. The van der Waals surface area contributed by atoms with Crippen molar-refractivity contribution in [2.24, 2.45) is 0 Å². The smallest absolute Gasteiger partial charge is 0.279 e. The molecule has 0 radical (unpaired) electrons. The molecule has 1 heterocycles. The third-order valence-electron chi connectivity index (χ3n) is 2.45. The van der Waals surface area contributed by atoms with Crippen LogP contribution in [0.15, 0.2) is 41.8 Å². The van der Waals surface area contributed by atoms with Gasteiger partial charge in [-0.25, -0.2) is 0 Å². The summed E-state index contributed by atoms with van der Waals surface area (Å²) in [5.41, 5.74) is 5.73. The number of hydrazine groups is 1. The van der Waals surface area contributed by atoms with Gasteiger partial charge in [-0.1, -0.05) is 23.8 Å². The van der Waals surface area contributed by atoms with Gasteiger partial charge in [-0.3, -0.25) is 20.4 Å². The fraction of sp³-hybridized carbons (Fsp3) is 0.143. The van der Waals surface area contributed by atoms with Crippen molar-refractivity contribution in [3.05, 3.63) is 52.2 Å². The van der Waals surface area contributed by atoms with E-state index < -0.39 is 5.91 Å². The molecule has 0 saturated heterocycles. The van der Waals surface area contributed by atoms with E-state index in [0.29, 0.717) is 10.6 Å². The second-order valence-corrected chi connectivity index (χ2v) is 5.03. The molecule has 6 heteroatoms. The largest absolute Gasteiger partial charge is 0.484 e. The van der Waals surface area contributed by atoms with Crippen LogP contribution in [-0.4, -0.2) is 18.4 Å². The first-order valence-electron chi connectivity index (χ1n) is 5.97. The second-order valence-electron chi connectivity index (χ2n) is 4.08. The molecule has 0 saturated carbocycles. The van der Waals surface area contributed by atoms with Gasteiger partial charge < -0.3 is 4.74 Å². The van der Waals surface area contributed by atoms with Crippen LogP contribution in [0.25, 0.3) is 0 Å². The summed E-state index contributed by atoms with van der Waals surface area (Å²) in [6.07, 6.45) is 0. The molecule has 2 amide bonds. The van der Waals surface area contributed by atoms with Gasteiger partial charge in [-0.15, -0.1) is 11.3 Å². The number of hydrogen-bond donors (Lipinski definition) is 2. The summed E-state index contributed by atoms with van der Waals surface area (Å²) >= 11 is 1.30. The minimum Gasteiger partial charge on any atom is -0.484 e. The van der Waals surface area contributed by atoms with Gasteiger partial charge in [-0.05, 0) is 30.5 Å². The summed E-state index contributed by atoms with van der Waals surface area (Å²) < 4.78 is 5.29.